The summed E-state index contributed by atoms with van der Waals surface area (Å²) >= 11 is 0. The Kier molecular flexibility index (Phi) is 3.17. The van der Waals surface area contributed by atoms with Crippen LogP contribution in [0, 0.1) is 0 Å². The molecule has 0 bridgehead atoms. The first-order valence-corrected chi connectivity index (χ1v) is 5.06. The van der Waals surface area contributed by atoms with Crippen LogP contribution < -0.4 is 4.74 Å². The van der Waals surface area contributed by atoms with Gasteiger partial charge in [-0.2, -0.15) is 0 Å². The van der Waals surface area contributed by atoms with Crippen LogP contribution in [0.3, 0.4) is 0 Å². The first-order valence-electron chi connectivity index (χ1n) is 5.06. The molecular weight excluding hydrogens is 202 g/mol. The summed E-state index contributed by atoms with van der Waals surface area (Å²) in [5, 5.41) is 9.81. The zero-order chi connectivity index (χ0) is 11.4. The van der Waals surface area contributed by atoms with Gasteiger partial charge in [0.25, 0.3) is 0 Å². The van der Waals surface area contributed by atoms with Crippen molar-refractivity contribution in [3.05, 3.63) is 42.0 Å². The molecule has 0 saturated heterocycles. The van der Waals surface area contributed by atoms with E-state index in [1.54, 1.807) is 19.3 Å². The first kappa shape index (κ1) is 10.6. The van der Waals surface area contributed by atoms with Gasteiger partial charge in [-0.25, -0.2) is 4.98 Å². The zero-order valence-corrected chi connectivity index (χ0v) is 9.05. The van der Waals surface area contributed by atoms with Crippen LogP contribution in [0.4, 0.5) is 0 Å². The molecule has 0 unspecified atom stereocenters. The normalized spacial score (nSPS) is 11.1. The molecule has 1 aromatic carbocycles. The number of fused-ring (bicyclic) bond motifs is 1. The molecule has 0 fully saturated rings. The summed E-state index contributed by atoms with van der Waals surface area (Å²) in [6.45, 7) is 0.00990. The van der Waals surface area contributed by atoms with Gasteiger partial charge < -0.3 is 9.84 Å². The lowest BCUT2D eigenvalue weighted by Gasteiger charge is -2.05. The number of nitrogens with zero attached hydrogens (tertiary/aromatic N) is 1. The Labute approximate surface area is 94.0 Å². The highest BCUT2D eigenvalue weighted by Gasteiger charge is 2.03. The Morgan fingerprint density at radius 3 is 2.94 bits per heavy atom. The number of aliphatic hydroxyl groups is 1. The second-order valence-electron chi connectivity index (χ2n) is 3.36. The van der Waals surface area contributed by atoms with E-state index in [4.69, 9.17) is 9.84 Å². The number of hydrogen-bond acceptors (Lipinski definition) is 3. The van der Waals surface area contributed by atoms with E-state index in [0.717, 1.165) is 16.5 Å². The van der Waals surface area contributed by atoms with Crippen molar-refractivity contribution in [2.75, 3.05) is 13.7 Å². The Morgan fingerprint density at radius 1 is 1.38 bits per heavy atom. The van der Waals surface area contributed by atoms with E-state index in [9.17, 15) is 0 Å². The van der Waals surface area contributed by atoms with Crippen LogP contribution in [-0.4, -0.2) is 23.8 Å². The molecule has 0 aliphatic carbocycles. The third-order valence-electron chi connectivity index (χ3n) is 2.31. The highest BCUT2D eigenvalue weighted by atomic mass is 16.5. The first-order chi connectivity index (χ1) is 7.85. The van der Waals surface area contributed by atoms with Crippen molar-refractivity contribution in [3.8, 4) is 5.88 Å². The molecular formula is C13H13NO2. The van der Waals surface area contributed by atoms with Crippen molar-refractivity contribution >= 4 is 17.0 Å². The highest BCUT2D eigenvalue weighted by Crippen LogP contribution is 2.22. The van der Waals surface area contributed by atoms with Crippen molar-refractivity contribution in [2.24, 2.45) is 0 Å². The van der Waals surface area contributed by atoms with Gasteiger partial charge in [0.1, 0.15) is 0 Å². The smallest absolute Gasteiger partial charge is 0.221 e. The molecule has 1 N–H and O–H groups in total. The molecule has 0 atom stereocenters. The number of rotatable bonds is 3. The lowest BCUT2D eigenvalue weighted by molar-refractivity contribution is 0.343. The molecule has 1 aromatic heterocycles. The topological polar surface area (TPSA) is 42.4 Å². The Morgan fingerprint density at radius 2 is 2.19 bits per heavy atom. The molecule has 2 aromatic rings. The summed E-state index contributed by atoms with van der Waals surface area (Å²) in [4.78, 5) is 4.39. The summed E-state index contributed by atoms with van der Waals surface area (Å²) in [5.74, 6) is 0.573. The van der Waals surface area contributed by atoms with Crippen molar-refractivity contribution in [3.63, 3.8) is 0 Å². The standard InChI is InChI=1S/C13H13NO2/c1-16-13-11(6-4-8-15)9-10-5-2-3-7-12(10)14-13/h2-7,9,15H,8H2,1H3/b6-4+. The predicted octanol–water partition coefficient (Wildman–Crippen LogP) is 2.25. The van der Waals surface area contributed by atoms with Gasteiger partial charge in [0.15, 0.2) is 0 Å². The minimum Gasteiger partial charge on any atom is -0.481 e. The van der Waals surface area contributed by atoms with Crippen LogP contribution >= 0.6 is 0 Å². The molecule has 82 valence electrons. The largest absolute Gasteiger partial charge is 0.481 e. The summed E-state index contributed by atoms with van der Waals surface area (Å²) < 4.78 is 5.21. The molecule has 16 heavy (non-hydrogen) atoms. The van der Waals surface area contributed by atoms with E-state index in [2.05, 4.69) is 4.98 Å². The number of hydrogen-bond donors (Lipinski definition) is 1. The number of ether oxygens (including phenoxy) is 1. The van der Waals surface area contributed by atoms with Gasteiger partial charge in [-0.05, 0) is 12.1 Å². The maximum absolute atomic E-state index is 8.76. The third-order valence-corrected chi connectivity index (χ3v) is 2.31. The van der Waals surface area contributed by atoms with Crippen molar-refractivity contribution in [1.82, 2.24) is 4.98 Å². The van der Waals surface area contributed by atoms with Crippen LogP contribution in [-0.2, 0) is 0 Å². The fraction of sp³-hybridized carbons (Fsp3) is 0.154. The molecule has 0 saturated carbocycles. The molecule has 0 radical (unpaired) electrons. The van der Waals surface area contributed by atoms with Gasteiger partial charge in [-0.3, -0.25) is 0 Å². The number of aromatic nitrogens is 1. The number of benzene rings is 1. The molecule has 3 nitrogen and oxygen atoms in total. The lowest BCUT2D eigenvalue weighted by atomic mass is 10.1. The third kappa shape index (κ3) is 2.04. The summed E-state index contributed by atoms with van der Waals surface area (Å²) in [6, 6.07) is 9.84. The average molecular weight is 215 g/mol. The second kappa shape index (κ2) is 4.77. The molecule has 2 rings (SSSR count). The quantitative estimate of drug-likeness (QED) is 0.853. The minimum absolute atomic E-state index is 0.00990. The van der Waals surface area contributed by atoms with Gasteiger partial charge in [0.2, 0.25) is 5.88 Å². The Bertz CT molecular complexity index is 520. The maximum Gasteiger partial charge on any atom is 0.221 e. The van der Waals surface area contributed by atoms with E-state index in [1.807, 2.05) is 30.3 Å². The van der Waals surface area contributed by atoms with E-state index in [0.29, 0.717) is 5.88 Å². The fourth-order valence-corrected chi connectivity index (χ4v) is 1.58. The highest BCUT2D eigenvalue weighted by molar-refractivity contribution is 5.82. The SMILES string of the molecule is COc1nc2ccccc2cc1/C=C/CO. The number of para-hydroxylation sites is 1. The van der Waals surface area contributed by atoms with E-state index in [-0.39, 0.29) is 6.61 Å². The van der Waals surface area contributed by atoms with E-state index in [1.165, 1.54) is 0 Å². The Balaban J connectivity index is 2.58. The molecule has 0 aliphatic rings. The molecule has 3 heteroatoms. The van der Waals surface area contributed by atoms with E-state index < -0.39 is 0 Å². The van der Waals surface area contributed by atoms with Crippen LogP contribution in [0.2, 0.25) is 0 Å². The average Bonchev–Trinajstić information content (AvgIpc) is 2.35. The molecule has 0 aliphatic heterocycles. The van der Waals surface area contributed by atoms with Crippen molar-refractivity contribution < 1.29 is 9.84 Å². The van der Waals surface area contributed by atoms with Gasteiger partial charge in [-0.1, -0.05) is 30.4 Å². The number of methoxy groups -OCH3 is 1. The number of pyridine rings is 1. The fourth-order valence-electron chi connectivity index (χ4n) is 1.58. The van der Waals surface area contributed by atoms with Gasteiger partial charge >= 0.3 is 0 Å². The van der Waals surface area contributed by atoms with Crippen LogP contribution in [0.5, 0.6) is 5.88 Å². The summed E-state index contributed by atoms with van der Waals surface area (Å²) in [6.07, 6.45) is 3.46. The zero-order valence-electron chi connectivity index (χ0n) is 9.05. The van der Waals surface area contributed by atoms with Crippen LogP contribution in [0.15, 0.2) is 36.4 Å². The lowest BCUT2D eigenvalue weighted by Crippen LogP contribution is -1.92. The van der Waals surface area contributed by atoms with Crippen LogP contribution in [0.1, 0.15) is 5.56 Å². The molecule has 0 amide bonds. The van der Waals surface area contributed by atoms with E-state index >= 15 is 0 Å². The van der Waals surface area contributed by atoms with Gasteiger partial charge in [0.05, 0.1) is 19.2 Å². The summed E-state index contributed by atoms with van der Waals surface area (Å²) in [5.41, 5.74) is 1.77. The number of aliphatic hydroxyl groups excluding tert-OH is 1. The van der Waals surface area contributed by atoms with Crippen molar-refractivity contribution in [2.45, 2.75) is 0 Å². The Hall–Kier alpha value is -1.87. The van der Waals surface area contributed by atoms with Crippen LogP contribution in [0.25, 0.3) is 17.0 Å². The summed E-state index contributed by atoms with van der Waals surface area (Å²) in [7, 11) is 1.59. The van der Waals surface area contributed by atoms with Gasteiger partial charge in [-0.15, -0.1) is 0 Å². The second-order valence-corrected chi connectivity index (χ2v) is 3.36. The van der Waals surface area contributed by atoms with Gasteiger partial charge in [0, 0.05) is 10.9 Å². The molecule has 1 heterocycles. The monoisotopic (exact) mass is 215 g/mol. The van der Waals surface area contributed by atoms with Crippen molar-refractivity contribution in [1.29, 1.82) is 0 Å². The maximum atomic E-state index is 8.76. The minimum atomic E-state index is 0.00990. The molecule has 0 spiro atoms. The predicted molar refractivity (Wildman–Crippen MR) is 64.4 cm³/mol.